The molecule has 0 bridgehead atoms. The first-order valence-corrected chi connectivity index (χ1v) is 10.8. The molecule has 1 heterocycles. The summed E-state index contributed by atoms with van der Waals surface area (Å²) in [6, 6.07) is 5.82. The minimum Gasteiger partial charge on any atom is -0.378 e. The Labute approximate surface area is 180 Å². The summed E-state index contributed by atoms with van der Waals surface area (Å²) in [4.78, 5) is 13.7. The van der Waals surface area contributed by atoms with E-state index >= 15 is 0 Å². The molecule has 2 aromatic rings. The van der Waals surface area contributed by atoms with Crippen molar-refractivity contribution in [2.45, 2.75) is 11.1 Å². The van der Waals surface area contributed by atoms with E-state index in [1.54, 1.807) is 0 Å². The van der Waals surface area contributed by atoms with Gasteiger partial charge in [0.2, 0.25) is 0 Å². The van der Waals surface area contributed by atoms with E-state index in [1.165, 1.54) is 4.90 Å². The Hall–Kier alpha value is -2.01. The van der Waals surface area contributed by atoms with Gasteiger partial charge in [0.25, 0.3) is 15.9 Å². The van der Waals surface area contributed by atoms with Crippen molar-refractivity contribution in [3.63, 3.8) is 0 Å². The largest absolute Gasteiger partial charge is 0.416 e. The Balaban J connectivity index is 1.95. The van der Waals surface area contributed by atoms with Gasteiger partial charge < -0.3 is 9.64 Å². The molecule has 0 unspecified atom stereocenters. The van der Waals surface area contributed by atoms with Crippen molar-refractivity contribution in [1.82, 2.24) is 4.90 Å². The first kappa shape index (κ1) is 22.7. The van der Waals surface area contributed by atoms with E-state index in [0.29, 0.717) is 32.4 Å². The third-order valence-corrected chi connectivity index (χ3v) is 6.44. The molecule has 162 valence electrons. The van der Waals surface area contributed by atoms with E-state index in [1.807, 2.05) is 0 Å². The van der Waals surface area contributed by atoms with Crippen molar-refractivity contribution in [2.24, 2.45) is 0 Å². The van der Waals surface area contributed by atoms with Crippen LogP contribution < -0.4 is 4.72 Å². The lowest BCUT2D eigenvalue weighted by molar-refractivity contribution is -0.137. The van der Waals surface area contributed by atoms with Gasteiger partial charge in [-0.2, -0.15) is 13.2 Å². The summed E-state index contributed by atoms with van der Waals surface area (Å²) in [5, 5.41) is -0.326. The molecule has 0 radical (unpaired) electrons. The number of alkyl halides is 3. The number of sulfonamides is 1. The van der Waals surface area contributed by atoms with Gasteiger partial charge in [-0.1, -0.05) is 29.3 Å². The topological polar surface area (TPSA) is 75.7 Å². The Morgan fingerprint density at radius 1 is 1.07 bits per heavy atom. The summed E-state index contributed by atoms with van der Waals surface area (Å²) in [7, 11) is -4.41. The fourth-order valence-electron chi connectivity index (χ4n) is 2.80. The molecule has 2 aromatic carbocycles. The van der Waals surface area contributed by atoms with Gasteiger partial charge in [-0.05, 0) is 30.3 Å². The number of halogens is 5. The van der Waals surface area contributed by atoms with Gasteiger partial charge in [0, 0.05) is 18.8 Å². The Morgan fingerprint density at radius 2 is 1.73 bits per heavy atom. The van der Waals surface area contributed by atoms with Crippen LogP contribution in [0.1, 0.15) is 15.9 Å². The summed E-state index contributed by atoms with van der Waals surface area (Å²) in [5.74, 6) is -0.504. The van der Waals surface area contributed by atoms with Crippen LogP contribution in [0.3, 0.4) is 0 Å². The van der Waals surface area contributed by atoms with E-state index in [2.05, 4.69) is 4.72 Å². The molecule has 6 nitrogen and oxygen atoms in total. The number of hydrogen-bond donors (Lipinski definition) is 1. The second-order valence-electron chi connectivity index (χ2n) is 6.35. The van der Waals surface area contributed by atoms with Crippen molar-refractivity contribution in [3.05, 3.63) is 57.6 Å². The highest BCUT2D eigenvalue weighted by molar-refractivity contribution is 7.92. The van der Waals surface area contributed by atoms with E-state index in [0.717, 1.165) is 30.3 Å². The zero-order valence-corrected chi connectivity index (χ0v) is 17.5. The second kappa shape index (κ2) is 8.62. The maximum Gasteiger partial charge on any atom is 0.416 e. The number of ether oxygens (including phenoxy) is 1. The molecule has 12 heteroatoms. The van der Waals surface area contributed by atoms with Crippen LogP contribution in [0.2, 0.25) is 10.0 Å². The van der Waals surface area contributed by atoms with Gasteiger partial charge in [-0.15, -0.1) is 0 Å². The van der Waals surface area contributed by atoms with E-state index < -0.39 is 32.6 Å². The van der Waals surface area contributed by atoms with Gasteiger partial charge in [-0.3, -0.25) is 9.52 Å². The SMILES string of the molecule is O=C(c1cc(S(=O)(=O)Nc2cccc(C(F)(F)F)c2)c(Cl)cc1Cl)N1CCOCC1. The molecule has 0 aromatic heterocycles. The Kier molecular flexibility index (Phi) is 6.51. The summed E-state index contributed by atoms with van der Waals surface area (Å²) < 4.78 is 71.5. The normalized spacial score (nSPS) is 15.2. The van der Waals surface area contributed by atoms with Crippen LogP contribution in [0.15, 0.2) is 41.3 Å². The predicted octanol–water partition coefficient (Wildman–Crippen LogP) is 4.29. The molecule has 0 spiro atoms. The third-order valence-electron chi connectivity index (χ3n) is 4.28. The molecule has 0 atom stereocenters. The van der Waals surface area contributed by atoms with Crippen LogP contribution in [0, 0.1) is 0 Å². The highest BCUT2D eigenvalue weighted by Crippen LogP contribution is 2.33. The van der Waals surface area contributed by atoms with Crippen molar-refractivity contribution in [1.29, 1.82) is 0 Å². The van der Waals surface area contributed by atoms with Gasteiger partial charge >= 0.3 is 6.18 Å². The molecule has 1 aliphatic rings. The highest BCUT2D eigenvalue weighted by Gasteiger charge is 2.31. The number of benzene rings is 2. The number of morpholine rings is 1. The van der Waals surface area contributed by atoms with E-state index in [4.69, 9.17) is 27.9 Å². The molecular weight excluding hydrogens is 468 g/mol. The number of hydrogen-bond acceptors (Lipinski definition) is 4. The molecule has 0 aliphatic carbocycles. The lowest BCUT2D eigenvalue weighted by Gasteiger charge is -2.27. The number of carbonyl (C=O) groups excluding carboxylic acids is 1. The molecular formula is C18H15Cl2F3N2O4S. The van der Waals surface area contributed by atoms with Gasteiger partial charge in [0.15, 0.2) is 0 Å². The fraction of sp³-hybridized carbons (Fsp3) is 0.278. The van der Waals surface area contributed by atoms with Gasteiger partial charge in [-0.25, -0.2) is 8.42 Å². The number of carbonyl (C=O) groups is 1. The van der Waals surface area contributed by atoms with Crippen LogP contribution in [-0.4, -0.2) is 45.5 Å². The predicted molar refractivity (Wildman–Crippen MR) is 105 cm³/mol. The van der Waals surface area contributed by atoms with Crippen LogP contribution in [0.5, 0.6) is 0 Å². The van der Waals surface area contributed by atoms with Crippen molar-refractivity contribution < 1.29 is 31.1 Å². The highest BCUT2D eigenvalue weighted by atomic mass is 35.5. The quantitative estimate of drug-likeness (QED) is 0.705. The smallest absolute Gasteiger partial charge is 0.378 e. The van der Waals surface area contributed by atoms with Gasteiger partial charge in [0.05, 0.1) is 34.4 Å². The lowest BCUT2D eigenvalue weighted by atomic mass is 10.2. The number of anilines is 1. The van der Waals surface area contributed by atoms with Crippen LogP contribution in [0.4, 0.5) is 18.9 Å². The molecule has 30 heavy (non-hydrogen) atoms. The third kappa shape index (κ3) is 5.00. The van der Waals surface area contributed by atoms with Crippen LogP contribution in [-0.2, 0) is 20.9 Å². The van der Waals surface area contributed by atoms with Crippen molar-refractivity contribution >= 4 is 44.8 Å². The maximum atomic E-state index is 12.9. The van der Waals surface area contributed by atoms with E-state index in [-0.39, 0.29) is 21.3 Å². The molecule has 1 aliphatic heterocycles. The molecule has 0 saturated carbocycles. The van der Waals surface area contributed by atoms with Crippen LogP contribution >= 0.6 is 23.2 Å². The van der Waals surface area contributed by atoms with Crippen molar-refractivity contribution in [2.75, 3.05) is 31.0 Å². The van der Waals surface area contributed by atoms with E-state index in [9.17, 15) is 26.4 Å². The summed E-state index contributed by atoms with van der Waals surface area (Å²) in [6.07, 6.45) is -4.64. The fourth-order valence-corrected chi connectivity index (χ4v) is 4.71. The maximum absolute atomic E-state index is 12.9. The molecule has 1 N–H and O–H groups in total. The minimum atomic E-state index is -4.64. The lowest BCUT2D eigenvalue weighted by Crippen LogP contribution is -2.40. The first-order chi connectivity index (χ1) is 14.0. The summed E-state index contributed by atoms with van der Waals surface area (Å²) >= 11 is 12.1. The zero-order valence-electron chi connectivity index (χ0n) is 15.2. The average molecular weight is 483 g/mol. The molecule has 1 saturated heterocycles. The average Bonchev–Trinajstić information content (AvgIpc) is 2.67. The number of nitrogens with one attached hydrogen (secondary N) is 1. The molecule has 1 amide bonds. The summed E-state index contributed by atoms with van der Waals surface area (Å²) in [6.45, 7) is 1.28. The van der Waals surface area contributed by atoms with Gasteiger partial charge in [0.1, 0.15) is 4.90 Å². The van der Waals surface area contributed by atoms with Crippen molar-refractivity contribution in [3.8, 4) is 0 Å². The molecule has 1 fully saturated rings. The number of nitrogens with zero attached hydrogens (tertiary/aromatic N) is 1. The monoisotopic (exact) mass is 482 g/mol. The Bertz CT molecular complexity index is 1070. The Morgan fingerprint density at radius 3 is 2.37 bits per heavy atom. The summed E-state index contributed by atoms with van der Waals surface area (Å²) in [5.41, 5.74) is -1.42. The van der Waals surface area contributed by atoms with Crippen LogP contribution in [0.25, 0.3) is 0 Å². The molecule has 3 rings (SSSR count). The minimum absolute atomic E-state index is 0.0467. The second-order valence-corrected chi connectivity index (χ2v) is 8.82. The zero-order chi connectivity index (χ0) is 22.1. The number of rotatable bonds is 4. The standard InChI is InChI=1S/C18H15Cl2F3N2O4S/c19-14-10-15(20)16(9-13(14)17(26)25-4-6-29-7-5-25)30(27,28)24-12-3-1-2-11(8-12)18(21,22)23/h1-3,8-10,24H,4-7H2. The number of amides is 1. The first-order valence-electron chi connectivity index (χ1n) is 8.55.